The zero-order valence-corrected chi connectivity index (χ0v) is 10.9. The van der Waals surface area contributed by atoms with Crippen LogP contribution in [0.15, 0.2) is 0 Å². The summed E-state index contributed by atoms with van der Waals surface area (Å²) in [5, 5.41) is 2.89. The van der Waals surface area contributed by atoms with E-state index in [0.717, 1.165) is 13.0 Å². The van der Waals surface area contributed by atoms with Gasteiger partial charge in [0.25, 0.3) is 0 Å². The van der Waals surface area contributed by atoms with E-state index in [0.29, 0.717) is 11.2 Å². The Balaban J connectivity index is 3.18. The molecule has 0 aliphatic rings. The number of nitrogens with one attached hydrogen (secondary N) is 1. The van der Waals surface area contributed by atoms with Crippen molar-refractivity contribution in [1.29, 1.82) is 0 Å². The van der Waals surface area contributed by atoms with E-state index in [1.807, 2.05) is 6.92 Å². The van der Waals surface area contributed by atoms with Crippen molar-refractivity contribution < 1.29 is 4.79 Å². The molecule has 0 spiro atoms. The van der Waals surface area contributed by atoms with Crippen molar-refractivity contribution in [3.63, 3.8) is 0 Å². The highest BCUT2D eigenvalue weighted by Gasteiger charge is 2.01. The van der Waals surface area contributed by atoms with E-state index in [1.165, 1.54) is 25.7 Å². The molecule has 0 rings (SSSR count). The summed E-state index contributed by atoms with van der Waals surface area (Å²) in [6, 6.07) is 0. The number of amides is 1. The second kappa shape index (κ2) is 9.50. The molecule has 1 atom stereocenters. The number of rotatable bonds is 8. The first-order chi connectivity index (χ1) is 6.66. The number of carbonyl (C=O) groups is 1. The Morgan fingerprint density at radius 3 is 2.50 bits per heavy atom. The molecule has 2 nitrogen and oxygen atoms in total. The lowest BCUT2D eigenvalue weighted by atomic mass is 10.1. The Hall–Kier alpha value is -0.0500. The van der Waals surface area contributed by atoms with Gasteiger partial charge in [-0.1, -0.05) is 55.5 Å². The maximum Gasteiger partial charge on any atom is 0.220 e. The minimum atomic E-state index is 0.188. The van der Waals surface area contributed by atoms with Crippen molar-refractivity contribution in [3.05, 3.63) is 0 Å². The predicted molar refractivity (Wildman–Crippen MR) is 64.8 cm³/mol. The molecule has 0 aromatic heterocycles. The standard InChI is InChI=1S/C11H22BrNO/c1-3-4-5-6-7-8-11(14)13-9-10(2)12/h10H,3-9H2,1-2H3,(H,13,14). The van der Waals surface area contributed by atoms with Crippen LogP contribution in [0.2, 0.25) is 0 Å². The third kappa shape index (κ3) is 10.0. The summed E-state index contributed by atoms with van der Waals surface area (Å²) in [5.41, 5.74) is 0. The molecule has 0 saturated heterocycles. The van der Waals surface area contributed by atoms with Crippen LogP contribution in [0.4, 0.5) is 0 Å². The number of unbranched alkanes of at least 4 members (excludes halogenated alkanes) is 4. The molecule has 84 valence electrons. The maximum atomic E-state index is 11.2. The molecule has 0 radical (unpaired) electrons. The molecular weight excluding hydrogens is 242 g/mol. The van der Waals surface area contributed by atoms with Gasteiger partial charge in [-0.25, -0.2) is 0 Å². The Bertz CT molecular complexity index is 148. The van der Waals surface area contributed by atoms with Crippen LogP contribution in [0, 0.1) is 0 Å². The van der Waals surface area contributed by atoms with E-state index in [-0.39, 0.29) is 5.91 Å². The van der Waals surface area contributed by atoms with Crippen molar-refractivity contribution >= 4 is 21.8 Å². The number of hydrogen-bond acceptors (Lipinski definition) is 1. The van der Waals surface area contributed by atoms with E-state index >= 15 is 0 Å². The fourth-order valence-electron chi connectivity index (χ4n) is 1.23. The molecule has 1 unspecified atom stereocenters. The molecule has 1 N–H and O–H groups in total. The normalized spacial score (nSPS) is 12.5. The minimum Gasteiger partial charge on any atom is -0.355 e. The molecule has 0 fully saturated rings. The summed E-state index contributed by atoms with van der Waals surface area (Å²) in [6.45, 7) is 4.96. The van der Waals surface area contributed by atoms with Crippen molar-refractivity contribution in [3.8, 4) is 0 Å². The monoisotopic (exact) mass is 263 g/mol. The Morgan fingerprint density at radius 2 is 1.93 bits per heavy atom. The lowest BCUT2D eigenvalue weighted by molar-refractivity contribution is -0.121. The van der Waals surface area contributed by atoms with Gasteiger partial charge >= 0.3 is 0 Å². The van der Waals surface area contributed by atoms with Gasteiger partial charge in [-0.05, 0) is 6.42 Å². The van der Waals surface area contributed by atoms with Gasteiger partial charge in [0.05, 0.1) is 0 Å². The summed E-state index contributed by atoms with van der Waals surface area (Å²) in [6.07, 6.45) is 6.71. The summed E-state index contributed by atoms with van der Waals surface area (Å²) in [7, 11) is 0. The first-order valence-electron chi connectivity index (χ1n) is 5.57. The quantitative estimate of drug-likeness (QED) is 0.529. The number of halogens is 1. The number of hydrogen-bond donors (Lipinski definition) is 1. The molecule has 1 amide bonds. The summed E-state index contributed by atoms with van der Waals surface area (Å²) >= 11 is 3.39. The average molecular weight is 264 g/mol. The maximum absolute atomic E-state index is 11.2. The third-order valence-electron chi connectivity index (χ3n) is 2.09. The van der Waals surface area contributed by atoms with Gasteiger partial charge in [0.2, 0.25) is 5.91 Å². The molecule has 0 bridgehead atoms. The van der Waals surface area contributed by atoms with Crippen LogP contribution in [0.3, 0.4) is 0 Å². The first kappa shape index (κ1) is 13.9. The molecule has 14 heavy (non-hydrogen) atoms. The molecule has 0 aliphatic heterocycles. The first-order valence-corrected chi connectivity index (χ1v) is 6.49. The van der Waals surface area contributed by atoms with E-state index in [4.69, 9.17) is 0 Å². The topological polar surface area (TPSA) is 29.1 Å². The molecule has 0 saturated carbocycles. The van der Waals surface area contributed by atoms with E-state index in [2.05, 4.69) is 28.2 Å². The lowest BCUT2D eigenvalue weighted by Gasteiger charge is -2.06. The van der Waals surface area contributed by atoms with Crippen LogP contribution in [0.5, 0.6) is 0 Å². The highest BCUT2D eigenvalue weighted by atomic mass is 79.9. The molecule has 0 aromatic carbocycles. The van der Waals surface area contributed by atoms with Gasteiger partial charge in [-0.3, -0.25) is 4.79 Å². The highest BCUT2D eigenvalue weighted by molar-refractivity contribution is 9.09. The predicted octanol–water partition coefficient (Wildman–Crippen LogP) is 3.25. The second-order valence-corrected chi connectivity index (χ2v) is 5.31. The van der Waals surface area contributed by atoms with Gasteiger partial charge in [0.15, 0.2) is 0 Å². The SMILES string of the molecule is CCCCCCCC(=O)NCC(C)Br. The zero-order chi connectivity index (χ0) is 10.8. The van der Waals surface area contributed by atoms with Crippen LogP contribution in [-0.4, -0.2) is 17.3 Å². The van der Waals surface area contributed by atoms with Crippen molar-refractivity contribution in [2.75, 3.05) is 6.54 Å². The van der Waals surface area contributed by atoms with Crippen LogP contribution in [-0.2, 0) is 4.79 Å². The van der Waals surface area contributed by atoms with Crippen LogP contribution >= 0.6 is 15.9 Å². The van der Waals surface area contributed by atoms with Gasteiger partial charge in [0.1, 0.15) is 0 Å². The van der Waals surface area contributed by atoms with E-state index in [9.17, 15) is 4.79 Å². The van der Waals surface area contributed by atoms with Crippen LogP contribution in [0.25, 0.3) is 0 Å². The Labute approximate surface area is 96.0 Å². The van der Waals surface area contributed by atoms with Gasteiger partial charge in [-0.2, -0.15) is 0 Å². The largest absolute Gasteiger partial charge is 0.355 e. The number of alkyl halides is 1. The highest BCUT2D eigenvalue weighted by Crippen LogP contribution is 2.04. The van der Waals surface area contributed by atoms with Crippen LogP contribution < -0.4 is 5.32 Å². The fourth-order valence-corrected chi connectivity index (χ4v) is 1.39. The second-order valence-electron chi connectivity index (χ2n) is 3.75. The van der Waals surface area contributed by atoms with Gasteiger partial charge in [-0.15, -0.1) is 0 Å². The molecule has 0 heterocycles. The van der Waals surface area contributed by atoms with E-state index in [1.54, 1.807) is 0 Å². The molecule has 3 heteroatoms. The number of carbonyl (C=O) groups excluding carboxylic acids is 1. The summed E-state index contributed by atoms with van der Waals surface area (Å²) < 4.78 is 0. The van der Waals surface area contributed by atoms with Crippen molar-refractivity contribution in [1.82, 2.24) is 5.32 Å². The molecule has 0 aromatic rings. The third-order valence-corrected chi connectivity index (χ3v) is 2.41. The summed E-state index contributed by atoms with van der Waals surface area (Å²) in [5.74, 6) is 0.188. The fraction of sp³-hybridized carbons (Fsp3) is 0.909. The van der Waals surface area contributed by atoms with Gasteiger partial charge < -0.3 is 5.32 Å². The summed E-state index contributed by atoms with van der Waals surface area (Å²) in [4.78, 5) is 11.6. The average Bonchev–Trinajstić information content (AvgIpc) is 2.14. The van der Waals surface area contributed by atoms with E-state index < -0.39 is 0 Å². The van der Waals surface area contributed by atoms with Crippen LogP contribution in [0.1, 0.15) is 52.4 Å². The lowest BCUT2D eigenvalue weighted by Crippen LogP contribution is -2.27. The smallest absolute Gasteiger partial charge is 0.220 e. The Morgan fingerprint density at radius 1 is 1.29 bits per heavy atom. The zero-order valence-electron chi connectivity index (χ0n) is 9.31. The Kier molecular flexibility index (Phi) is 9.47. The van der Waals surface area contributed by atoms with Crippen molar-refractivity contribution in [2.24, 2.45) is 0 Å². The molecule has 0 aliphatic carbocycles. The minimum absolute atomic E-state index is 0.188. The van der Waals surface area contributed by atoms with Gasteiger partial charge in [0, 0.05) is 17.8 Å². The molecular formula is C11H22BrNO. The van der Waals surface area contributed by atoms with Crippen molar-refractivity contribution in [2.45, 2.75) is 57.2 Å².